The van der Waals surface area contributed by atoms with Crippen molar-refractivity contribution in [3.63, 3.8) is 0 Å². The SMILES string of the molecule is O=C1C(=O)N(CC2CCCO2)C(c2ccccc2F)/C1=C(\O)c1ccc2c(c1)CCO2. The maximum atomic E-state index is 14.8. The van der Waals surface area contributed by atoms with Gasteiger partial charge in [0.15, 0.2) is 0 Å². The zero-order valence-electron chi connectivity index (χ0n) is 16.8. The van der Waals surface area contributed by atoms with E-state index in [1.807, 2.05) is 0 Å². The average molecular weight is 423 g/mol. The summed E-state index contributed by atoms with van der Waals surface area (Å²) in [5.74, 6) is -1.69. The average Bonchev–Trinajstić information content (AvgIpc) is 3.50. The van der Waals surface area contributed by atoms with Crippen LogP contribution in [-0.4, -0.2) is 47.6 Å². The van der Waals surface area contributed by atoms with Crippen LogP contribution in [0.4, 0.5) is 4.39 Å². The third-order valence-electron chi connectivity index (χ3n) is 6.13. The molecule has 7 heteroatoms. The summed E-state index contributed by atoms with van der Waals surface area (Å²) in [6, 6.07) is 10.1. The number of amides is 1. The van der Waals surface area contributed by atoms with E-state index in [4.69, 9.17) is 9.47 Å². The molecule has 2 aromatic rings. The van der Waals surface area contributed by atoms with Crippen LogP contribution in [0.1, 0.15) is 35.6 Å². The lowest BCUT2D eigenvalue weighted by Gasteiger charge is -2.27. The molecule has 31 heavy (non-hydrogen) atoms. The predicted molar refractivity (Wildman–Crippen MR) is 110 cm³/mol. The van der Waals surface area contributed by atoms with Gasteiger partial charge in [-0.3, -0.25) is 9.59 Å². The maximum Gasteiger partial charge on any atom is 0.295 e. The lowest BCUT2D eigenvalue weighted by Crippen LogP contribution is -2.36. The Balaban J connectivity index is 1.63. The minimum absolute atomic E-state index is 0.105. The number of hydrogen-bond donors (Lipinski definition) is 1. The van der Waals surface area contributed by atoms with Crippen molar-refractivity contribution >= 4 is 17.4 Å². The minimum Gasteiger partial charge on any atom is -0.507 e. The molecule has 5 rings (SSSR count). The van der Waals surface area contributed by atoms with Gasteiger partial charge >= 0.3 is 0 Å². The van der Waals surface area contributed by atoms with Gasteiger partial charge in [-0.05, 0) is 42.7 Å². The molecular formula is C24H22FNO5. The number of ketones is 1. The molecule has 2 saturated heterocycles. The van der Waals surface area contributed by atoms with Gasteiger partial charge in [0.05, 0.1) is 24.3 Å². The zero-order valence-corrected chi connectivity index (χ0v) is 16.8. The van der Waals surface area contributed by atoms with E-state index < -0.39 is 23.5 Å². The molecule has 0 aromatic heterocycles. The van der Waals surface area contributed by atoms with Crippen LogP contribution in [0.25, 0.3) is 5.76 Å². The number of nitrogens with zero attached hydrogens (tertiary/aromatic N) is 1. The van der Waals surface area contributed by atoms with Crippen molar-refractivity contribution in [3.8, 4) is 5.75 Å². The lowest BCUT2D eigenvalue weighted by atomic mass is 9.94. The summed E-state index contributed by atoms with van der Waals surface area (Å²) in [4.78, 5) is 27.3. The number of rotatable bonds is 4. The van der Waals surface area contributed by atoms with E-state index in [0.717, 1.165) is 24.2 Å². The summed E-state index contributed by atoms with van der Waals surface area (Å²) in [5.41, 5.74) is 1.39. The lowest BCUT2D eigenvalue weighted by molar-refractivity contribution is -0.140. The molecule has 1 N–H and O–H groups in total. The number of aliphatic hydroxyl groups excluding tert-OH is 1. The molecule has 0 bridgehead atoms. The Hall–Kier alpha value is -3.19. The van der Waals surface area contributed by atoms with E-state index in [9.17, 15) is 19.1 Å². The van der Waals surface area contributed by atoms with E-state index in [0.29, 0.717) is 25.2 Å². The minimum atomic E-state index is -1.02. The second-order valence-corrected chi connectivity index (χ2v) is 8.03. The molecule has 3 heterocycles. The Morgan fingerprint density at radius 1 is 1.16 bits per heavy atom. The highest BCUT2D eigenvalue weighted by molar-refractivity contribution is 6.46. The summed E-state index contributed by atoms with van der Waals surface area (Å²) in [5, 5.41) is 11.1. The van der Waals surface area contributed by atoms with Crippen LogP contribution in [0.3, 0.4) is 0 Å². The van der Waals surface area contributed by atoms with Gasteiger partial charge < -0.3 is 19.5 Å². The molecule has 2 atom stereocenters. The Morgan fingerprint density at radius 3 is 2.77 bits per heavy atom. The van der Waals surface area contributed by atoms with E-state index >= 15 is 0 Å². The normalized spacial score (nSPS) is 24.5. The first-order valence-corrected chi connectivity index (χ1v) is 10.4. The second kappa shape index (κ2) is 7.81. The largest absolute Gasteiger partial charge is 0.507 e. The number of fused-ring (bicyclic) bond motifs is 1. The fourth-order valence-electron chi connectivity index (χ4n) is 4.59. The molecule has 0 radical (unpaired) electrons. The van der Waals surface area contributed by atoms with Gasteiger partial charge in [-0.25, -0.2) is 4.39 Å². The van der Waals surface area contributed by atoms with Gasteiger partial charge in [-0.1, -0.05) is 18.2 Å². The summed E-state index contributed by atoms with van der Waals surface area (Å²) in [7, 11) is 0. The van der Waals surface area contributed by atoms with Crippen LogP contribution < -0.4 is 4.74 Å². The highest BCUT2D eigenvalue weighted by Gasteiger charge is 2.47. The monoisotopic (exact) mass is 423 g/mol. The van der Waals surface area contributed by atoms with Gasteiger partial charge in [-0.2, -0.15) is 0 Å². The fraction of sp³-hybridized carbons (Fsp3) is 0.333. The Bertz CT molecular complexity index is 1090. The second-order valence-electron chi connectivity index (χ2n) is 8.03. The summed E-state index contributed by atoms with van der Waals surface area (Å²) < 4.78 is 26.0. The number of likely N-dealkylation sites (tertiary alicyclic amines) is 1. The van der Waals surface area contributed by atoms with E-state index in [-0.39, 0.29) is 29.5 Å². The number of hydrogen-bond acceptors (Lipinski definition) is 5. The van der Waals surface area contributed by atoms with Gasteiger partial charge in [-0.15, -0.1) is 0 Å². The standard InChI is InChI=1S/C24H22FNO5/c25-18-6-2-1-5-17(18)21-20(22(27)15-7-8-19-14(12-15)9-11-31-19)23(28)24(29)26(21)13-16-4-3-10-30-16/h1-2,5-8,12,16,21,27H,3-4,9-11,13H2/b22-20+. The highest BCUT2D eigenvalue weighted by Crippen LogP contribution is 2.41. The Labute approximate surface area is 178 Å². The molecule has 1 amide bonds. The third-order valence-corrected chi connectivity index (χ3v) is 6.13. The number of carbonyl (C=O) groups is 2. The summed E-state index contributed by atoms with van der Waals surface area (Å²) in [6.07, 6.45) is 2.11. The van der Waals surface area contributed by atoms with Crippen LogP contribution in [-0.2, 0) is 20.7 Å². The fourth-order valence-corrected chi connectivity index (χ4v) is 4.59. The number of ether oxygens (including phenoxy) is 2. The van der Waals surface area contributed by atoms with Gasteiger partial charge in [0.2, 0.25) is 0 Å². The van der Waals surface area contributed by atoms with E-state index in [1.165, 1.54) is 17.0 Å². The number of Topliss-reactive ketones (excluding diaryl/α,β-unsaturated/α-hetero) is 1. The number of benzene rings is 2. The number of carbonyl (C=O) groups excluding carboxylic acids is 2. The molecule has 3 aliphatic heterocycles. The van der Waals surface area contributed by atoms with Crippen molar-refractivity contribution < 1.29 is 28.6 Å². The number of halogens is 1. The first kappa shape index (κ1) is 19.8. The molecule has 0 spiro atoms. The highest BCUT2D eigenvalue weighted by atomic mass is 19.1. The predicted octanol–water partition coefficient (Wildman–Crippen LogP) is 3.36. The maximum absolute atomic E-state index is 14.8. The molecule has 2 unspecified atom stereocenters. The van der Waals surface area contributed by atoms with Crippen molar-refractivity contribution in [2.24, 2.45) is 0 Å². The molecule has 160 valence electrons. The van der Waals surface area contributed by atoms with Crippen molar-refractivity contribution in [1.82, 2.24) is 4.90 Å². The van der Waals surface area contributed by atoms with E-state index in [2.05, 4.69) is 0 Å². The van der Waals surface area contributed by atoms with Crippen LogP contribution in [0, 0.1) is 5.82 Å². The van der Waals surface area contributed by atoms with E-state index in [1.54, 1.807) is 30.3 Å². The van der Waals surface area contributed by atoms with Gasteiger partial charge in [0.1, 0.15) is 17.3 Å². The van der Waals surface area contributed by atoms with Crippen molar-refractivity contribution in [2.75, 3.05) is 19.8 Å². The van der Waals surface area contributed by atoms with Crippen LogP contribution in [0.15, 0.2) is 48.0 Å². The molecule has 0 aliphatic carbocycles. The first-order chi connectivity index (χ1) is 15.0. The van der Waals surface area contributed by atoms with Crippen molar-refractivity contribution in [3.05, 3.63) is 70.5 Å². The van der Waals surface area contributed by atoms with Crippen LogP contribution in [0.5, 0.6) is 5.75 Å². The summed E-state index contributed by atoms with van der Waals surface area (Å²) in [6.45, 7) is 1.31. The number of aliphatic hydroxyl groups is 1. The van der Waals surface area contributed by atoms with Crippen molar-refractivity contribution in [2.45, 2.75) is 31.4 Å². The smallest absolute Gasteiger partial charge is 0.295 e. The third kappa shape index (κ3) is 3.39. The van der Waals surface area contributed by atoms with Crippen molar-refractivity contribution in [1.29, 1.82) is 0 Å². The quantitative estimate of drug-likeness (QED) is 0.464. The summed E-state index contributed by atoms with van der Waals surface area (Å²) >= 11 is 0. The Morgan fingerprint density at radius 2 is 2.00 bits per heavy atom. The molecular weight excluding hydrogens is 401 g/mol. The zero-order chi connectivity index (χ0) is 21.5. The van der Waals surface area contributed by atoms with Gasteiger partial charge in [0.25, 0.3) is 11.7 Å². The molecule has 3 aliphatic rings. The molecule has 6 nitrogen and oxygen atoms in total. The topological polar surface area (TPSA) is 76.1 Å². The van der Waals surface area contributed by atoms with Crippen LogP contribution >= 0.6 is 0 Å². The van der Waals surface area contributed by atoms with Gasteiger partial charge in [0, 0.05) is 30.7 Å². The molecule has 2 aromatic carbocycles. The molecule has 0 saturated carbocycles. The molecule has 2 fully saturated rings. The first-order valence-electron chi connectivity index (χ1n) is 10.4. The Kier molecular flexibility index (Phi) is 4.98. The van der Waals surface area contributed by atoms with Crippen LogP contribution in [0.2, 0.25) is 0 Å².